The van der Waals surface area contributed by atoms with Crippen LogP contribution in [0.1, 0.15) is 11.3 Å². The molecule has 3 aromatic rings. The zero-order valence-corrected chi connectivity index (χ0v) is 12.6. The normalized spacial score (nSPS) is 10.8. The number of rotatable bonds is 4. The van der Waals surface area contributed by atoms with Gasteiger partial charge in [-0.15, -0.1) is 0 Å². The van der Waals surface area contributed by atoms with Gasteiger partial charge in [-0.05, 0) is 25.1 Å². The van der Waals surface area contributed by atoms with Crippen LogP contribution < -0.4 is 10.1 Å². The first-order valence-electron chi connectivity index (χ1n) is 6.54. The summed E-state index contributed by atoms with van der Waals surface area (Å²) in [5.74, 6) is 0.753. The van der Waals surface area contributed by atoms with Crippen molar-refractivity contribution in [2.75, 3.05) is 12.4 Å². The summed E-state index contributed by atoms with van der Waals surface area (Å²) in [6.45, 7) is 2.56. The van der Waals surface area contributed by atoms with Crippen molar-refractivity contribution in [3.8, 4) is 5.75 Å². The van der Waals surface area contributed by atoms with Gasteiger partial charge in [-0.25, -0.2) is 9.50 Å². The maximum absolute atomic E-state index is 6.01. The molecule has 1 N–H and O–H groups in total. The molecule has 0 atom stereocenters. The van der Waals surface area contributed by atoms with Crippen LogP contribution in [-0.4, -0.2) is 21.7 Å². The molecule has 2 aromatic heterocycles. The standard InChI is InChI=1S/C15H15ClN4O/c1-10-5-15-18-8-11(9-20(15)19-10)7-17-13-6-12(16)3-4-14(13)21-2/h3-6,8-9,17H,7H2,1-2H3. The third-order valence-electron chi connectivity index (χ3n) is 3.13. The molecule has 0 saturated heterocycles. The zero-order chi connectivity index (χ0) is 14.8. The topological polar surface area (TPSA) is 51.5 Å². The van der Waals surface area contributed by atoms with Crippen molar-refractivity contribution in [3.05, 3.63) is 52.9 Å². The van der Waals surface area contributed by atoms with E-state index in [9.17, 15) is 0 Å². The number of halogens is 1. The molecule has 0 aliphatic carbocycles. The van der Waals surface area contributed by atoms with Gasteiger partial charge >= 0.3 is 0 Å². The van der Waals surface area contributed by atoms with Crippen molar-refractivity contribution < 1.29 is 4.74 Å². The molecule has 5 nitrogen and oxygen atoms in total. The van der Waals surface area contributed by atoms with E-state index < -0.39 is 0 Å². The van der Waals surface area contributed by atoms with Gasteiger partial charge in [0.25, 0.3) is 0 Å². The molecular weight excluding hydrogens is 288 g/mol. The van der Waals surface area contributed by atoms with Gasteiger partial charge in [-0.3, -0.25) is 0 Å². The molecule has 0 spiro atoms. The van der Waals surface area contributed by atoms with E-state index in [1.165, 1.54) is 0 Å². The monoisotopic (exact) mass is 302 g/mol. The van der Waals surface area contributed by atoms with Crippen LogP contribution in [-0.2, 0) is 6.54 Å². The van der Waals surface area contributed by atoms with E-state index in [4.69, 9.17) is 16.3 Å². The lowest BCUT2D eigenvalue weighted by Gasteiger charge is -2.11. The summed E-state index contributed by atoms with van der Waals surface area (Å²) < 4.78 is 7.09. The molecule has 21 heavy (non-hydrogen) atoms. The predicted molar refractivity (Wildman–Crippen MR) is 83.1 cm³/mol. The number of nitrogens with zero attached hydrogens (tertiary/aromatic N) is 3. The predicted octanol–water partition coefficient (Wildman–Crippen LogP) is 3.31. The molecule has 0 aliphatic heterocycles. The van der Waals surface area contributed by atoms with E-state index in [1.54, 1.807) is 17.7 Å². The average Bonchev–Trinajstić information content (AvgIpc) is 2.84. The minimum absolute atomic E-state index is 0.610. The third kappa shape index (κ3) is 2.92. The van der Waals surface area contributed by atoms with E-state index in [1.807, 2.05) is 37.5 Å². The van der Waals surface area contributed by atoms with Gasteiger partial charge in [0.05, 0.1) is 18.5 Å². The number of ether oxygens (including phenoxy) is 1. The highest BCUT2D eigenvalue weighted by Crippen LogP contribution is 2.28. The van der Waals surface area contributed by atoms with Crippen LogP contribution in [0.4, 0.5) is 5.69 Å². The second-order valence-corrected chi connectivity index (χ2v) is 5.19. The molecule has 0 aliphatic rings. The van der Waals surface area contributed by atoms with E-state index in [0.29, 0.717) is 11.6 Å². The maximum Gasteiger partial charge on any atom is 0.155 e. The zero-order valence-electron chi connectivity index (χ0n) is 11.8. The lowest BCUT2D eigenvalue weighted by molar-refractivity contribution is 0.416. The Kier molecular flexibility index (Phi) is 3.66. The van der Waals surface area contributed by atoms with Crippen LogP contribution in [0.3, 0.4) is 0 Å². The van der Waals surface area contributed by atoms with Crippen LogP contribution in [0.15, 0.2) is 36.7 Å². The van der Waals surface area contributed by atoms with Crippen LogP contribution in [0.2, 0.25) is 5.02 Å². The number of fused-ring (bicyclic) bond motifs is 1. The summed E-state index contributed by atoms with van der Waals surface area (Å²) in [7, 11) is 1.63. The lowest BCUT2D eigenvalue weighted by atomic mass is 10.2. The van der Waals surface area contributed by atoms with Gasteiger partial charge in [0, 0.05) is 35.6 Å². The molecule has 0 radical (unpaired) electrons. The van der Waals surface area contributed by atoms with Gasteiger partial charge in [0.1, 0.15) is 5.75 Å². The fourth-order valence-corrected chi connectivity index (χ4v) is 2.31. The van der Waals surface area contributed by atoms with Crippen molar-refractivity contribution in [1.29, 1.82) is 0 Å². The molecular formula is C15H15ClN4O. The van der Waals surface area contributed by atoms with E-state index >= 15 is 0 Å². The minimum Gasteiger partial charge on any atom is -0.495 e. The third-order valence-corrected chi connectivity index (χ3v) is 3.37. The fraction of sp³-hybridized carbons (Fsp3) is 0.200. The molecule has 3 rings (SSSR count). The van der Waals surface area contributed by atoms with Gasteiger partial charge in [0.2, 0.25) is 0 Å². The Morgan fingerprint density at radius 3 is 3.00 bits per heavy atom. The van der Waals surface area contributed by atoms with Crippen LogP contribution >= 0.6 is 11.6 Å². The number of hydrogen-bond acceptors (Lipinski definition) is 4. The summed E-state index contributed by atoms with van der Waals surface area (Å²) in [5.41, 5.74) is 3.66. The molecule has 0 bridgehead atoms. The van der Waals surface area contributed by atoms with Gasteiger partial charge in [-0.1, -0.05) is 11.6 Å². The molecule has 2 heterocycles. The quantitative estimate of drug-likeness (QED) is 0.803. The second kappa shape index (κ2) is 5.61. The molecule has 0 unspecified atom stereocenters. The van der Waals surface area contributed by atoms with Crippen molar-refractivity contribution in [1.82, 2.24) is 14.6 Å². The number of nitrogens with one attached hydrogen (secondary N) is 1. The first kappa shape index (κ1) is 13.7. The Bertz CT molecular complexity index is 784. The van der Waals surface area contributed by atoms with Gasteiger partial charge < -0.3 is 10.1 Å². The first-order valence-corrected chi connectivity index (χ1v) is 6.92. The highest BCUT2D eigenvalue weighted by atomic mass is 35.5. The smallest absolute Gasteiger partial charge is 0.155 e. The summed E-state index contributed by atoms with van der Waals surface area (Å²) in [4.78, 5) is 4.38. The summed E-state index contributed by atoms with van der Waals surface area (Å²) in [5, 5.41) is 8.32. The number of aromatic nitrogens is 3. The number of aryl methyl sites for hydroxylation is 1. The Morgan fingerprint density at radius 2 is 2.19 bits per heavy atom. The minimum atomic E-state index is 0.610. The molecule has 0 saturated carbocycles. The van der Waals surface area contributed by atoms with E-state index in [-0.39, 0.29) is 0 Å². The summed E-state index contributed by atoms with van der Waals surface area (Å²) >= 11 is 6.01. The van der Waals surface area contributed by atoms with Gasteiger partial charge in [-0.2, -0.15) is 5.10 Å². The van der Waals surface area contributed by atoms with Crippen LogP contribution in [0.25, 0.3) is 5.65 Å². The first-order chi connectivity index (χ1) is 10.2. The summed E-state index contributed by atoms with van der Waals surface area (Å²) in [6.07, 6.45) is 3.79. The lowest BCUT2D eigenvalue weighted by Crippen LogP contribution is -2.03. The van der Waals surface area contributed by atoms with Gasteiger partial charge in [0.15, 0.2) is 5.65 Å². The second-order valence-electron chi connectivity index (χ2n) is 4.75. The van der Waals surface area contributed by atoms with E-state index in [2.05, 4.69) is 15.4 Å². The maximum atomic E-state index is 6.01. The highest BCUT2D eigenvalue weighted by Gasteiger charge is 2.05. The Morgan fingerprint density at radius 1 is 1.33 bits per heavy atom. The largest absolute Gasteiger partial charge is 0.495 e. The summed E-state index contributed by atoms with van der Waals surface area (Å²) in [6, 6.07) is 7.41. The number of hydrogen-bond donors (Lipinski definition) is 1. The van der Waals surface area contributed by atoms with Crippen molar-refractivity contribution in [3.63, 3.8) is 0 Å². The average molecular weight is 303 g/mol. The molecule has 0 amide bonds. The number of anilines is 1. The van der Waals surface area contributed by atoms with Crippen molar-refractivity contribution in [2.24, 2.45) is 0 Å². The molecule has 1 aromatic carbocycles. The Hall–Kier alpha value is -2.27. The Labute approximate surface area is 127 Å². The van der Waals surface area contributed by atoms with E-state index in [0.717, 1.165) is 28.3 Å². The van der Waals surface area contributed by atoms with Crippen LogP contribution in [0.5, 0.6) is 5.75 Å². The number of methoxy groups -OCH3 is 1. The molecule has 6 heteroatoms. The fourth-order valence-electron chi connectivity index (χ4n) is 2.14. The van der Waals surface area contributed by atoms with Crippen molar-refractivity contribution in [2.45, 2.75) is 13.5 Å². The molecule has 0 fully saturated rings. The highest BCUT2D eigenvalue weighted by molar-refractivity contribution is 6.30. The SMILES string of the molecule is COc1ccc(Cl)cc1NCc1cnc2cc(C)nn2c1. The van der Waals surface area contributed by atoms with Crippen LogP contribution in [0, 0.1) is 6.92 Å². The van der Waals surface area contributed by atoms with Crippen molar-refractivity contribution >= 4 is 22.9 Å². The number of benzene rings is 1. The Balaban J connectivity index is 1.81. The molecule has 108 valence electrons.